The monoisotopic (exact) mass is 432 g/mol. The number of carbonyl (C=O) groups excluding carboxylic acids is 1. The van der Waals surface area contributed by atoms with E-state index in [1.165, 1.54) is 18.2 Å². The van der Waals surface area contributed by atoms with Crippen molar-refractivity contribution in [1.82, 2.24) is 10.3 Å². The van der Waals surface area contributed by atoms with Crippen LogP contribution in [-0.4, -0.2) is 26.7 Å². The van der Waals surface area contributed by atoms with Gasteiger partial charge in [0.25, 0.3) is 5.91 Å². The van der Waals surface area contributed by atoms with E-state index >= 15 is 0 Å². The van der Waals surface area contributed by atoms with Crippen LogP contribution >= 0.6 is 0 Å². The summed E-state index contributed by atoms with van der Waals surface area (Å²) in [7, 11) is 0. The van der Waals surface area contributed by atoms with Gasteiger partial charge in [-0.1, -0.05) is 41.7 Å². The summed E-state index contributed by atoms with van der Waals surface area (Å²) in [5.74, 6) is 4.40. The summed E-state index contributed by atoms with van der Waals surface area (Å²) in [4.78, 5) is 17.4. The zero-order valence-electron chi connectivity index (χ0n) is 18.4. The van der Waals surface area contributed by atoms with Gasteiger partial charge in [0.2, 0.25) is 0 Å². The molecular weight excluding hydrogens is 407 g/mol. The molecule has 5 nitrogen and oxygen atoms in total. The molecule has 3 rings (SSSR count). The van der Waals surface area contributed by atoms with Crippen molar-refractivity contribution in [2.45, 2.75) is 39.3 Å². The highest BCUT2D eigenvalue weighted by Crippen LogP contribution is 2.30. The van der Waals surface area contributed by atoms with Gasteiger partial charge in [0.15, 0.2) is 0 Å². The van der Waals surface area contributed by atoms with Crippen LogP contribution in [0.15, 0.2) is 54.6 Å². The van der Waals surface area contributed by atoms with Crippen LogP contribution in [0, 0.1) is 31.5 Å². The Morgan fingerprint density at radius 2 is 1.78 bits per heavy atom. The first kappa shape index (κ1) is 23.0. The number of pyridine rings is 1. The number of halogens is 1. The van der Waals surface area contributed by atoms with Gasteiger partial charge in [-0.25, -0.2) is 9.37 Å². The van der Waals surface area contributed by atoms with E-state index in [1.54, 1.807) is 26.8 Å². The van der Waals surface area contributed by atoms with Gasteiger partial charge in [0.05, 0.1) is 6.04 Å². The normalized spacial score (nSPS) is 11.9. The molecule has 32 heavy (non-hydrogen) atoms. The SMILES string of the molecule is Cc1ccc([C@H](NC(=O)c2cc(C#CC(C)(C)O)cc(C)n2)c2cc(F)ccc2O)cc1. The highest BCUT2D eigenvalue weighted by Gasteiger charge is 2.22. The Morgan fingerprint density at radius 3 is 2.44 bits per heavy atom. The molecule has 6 heteroatoms. The largest absolute Gasteiger partial charge is 0.508 e. The van der Waals surface area contributed by atoms with E-state index in [0.29, 0.717) is 16.8 Å². The molecule has 1 heterocycles. The number of aromatic hydroxyl groups is 1. The second-order valence-electron chi connectivity index (χ2n) is 8.21. The first-order valence-corrected chi connectivity index (χ1v) is 10.1. The second kappa shape index (κ2) is 9.21. The number of phenolic OH excluding ortho intramolecular Hbond substituents is 1. The van der Waals surface area contributed by atoms with Gasteiger partial charge >= 0.3 is 0 Å². The van der Waals surface area contributed by atoms with Gasteiger partial charge in [0, 0.05) is 16.8 Å². The average molecular weight is 432 g/mol. The quantitative estimate of drug-likeness (QED) is 0.540. The minimum atomic E-state index is -1.18. The van der Waals surface area contributed by atoms with E-state index in [0.717, 1.165) is 11.6 Å². The van der Waals surface area contributed by atoms with E-state index < -0.39 is 23.4 Å². The number of hydrogen-bond acceptors (Lipinski definition) is 4. The molecule has 0 saturated heterocycles. The van der Waals surface area contributed by atoms with Crippen LogP contribution in [-0.2, 0) is 0 Å². The first-order valence-electron chi connectivity index (χ1n) is 10.1. The second-order valence-corrected chi connectivity index (χ2v) is 8.21. The molecule has 3 N–H and O–H groups in total. The number of nitrogens with zero attached hydrogens (tertiary/aromatic N) is 1. The Balaban J connectivity index is 2.00. The number of benzene rings is 2. The minimum Gasteiger partial charge on any atom is -0.508 e. The van der Waals surface area contributed by atoms with Crippen molar-refractivity contribution >= 4 is 5.91 Å². The molecule has 0 bridgehead atoms. The number of amides is 1. The van der Waals surface area contributed by atoms with Crippen LogP contribution in [0.5, 0.6) is 5.75 Å². The fraction of sp³-hybridized carbons (Fsp3) is 0.231. The number of aliphatic hydroxyl groups is 1. The molecule has 0 aliphatic rings. The van der Waals surface area contributed by atoms with Crippen LogP contribution in [0.1, 0.15) is 58.3 Å². The Kier molecular flexibility index (Phi) is 6.61. The van der Waals surface area contributed by atoms with Crippen LogP contribution < -0.4 is 5.32 Å². The van der Waals surface area contributed by atoms with Crippen molar-refractivity contribution in [3.63, 3.8) is 0 Å². The molecular formula is C26H25FN2O3. The summed E-state index contributed by atoms with van der Waals surface area (Å²) in [5.41, 5.74) is 2.00. The Labute approximate surface area is 187 Å². The molecule has 1 atom stereocenters. The van der Waals surface area contributed by atoms with Crippen molar-refractivity contribution in [1.29, 1.82) is 0 Å². The summed E-state index contributed by atoms with van der Waals surface area (Å²) < 4.78 is 14.0. The van der Waals surface area contributed by atoms with Crippen LogP contribution in [0.25, 0.3) is 0 Å². The smallest absolute Gasteiger partial charge is 0.270 e. The van der Waals surface area contributed by atoms with Gasteiger partial charge in [0.1, 0.15) is 22.9 Å². The number of aromatic nitrogens is 1. The third-order valence-corrected chi connectivity index (χ3v) is 4.69. The van der Waals surface area contributed by atoms with Gasteiger partial charge in [-0.2, -0.15) is 0 Å². The van der Waals surface area contributed by atoms with Crippen LogP contribution in [0.2, 0.25) is 0 Å². The van der Waals surface area contributed by atoms with Gasteiger partial charge in [-0.15, -0.1) is 0 Å². The topological polar surface area (TPSA) is 82.5 Å². The lowest BCUT2D eigenvalue weighted by Crippen LogP contribution is -2.30. The summed E-state index contributed by atoms with van der Waals surface area (Å²) >= 11 is 0. The molecule has 2 aromatic carbocycles. The Hall–Kier alpha value is -3.69. The van der Waals surface area contributed by atoms with Crippen molar-refractivity contribution in [2.75, 3.05) is 0 Å². The Morgan fingerprint density at radius 1 is 1.09 bits per heavy atom. The summed E-state index contributed by atoms with van der Waals surface area (Å²) in [5, 5.41) is 23.1. The summed E-state index contributed by atoms with van der Waals surface area (Å²) in [6, 6.07) is 13.4. The summed E-state index contributed by atoms with van der Waals surface area (Å²) in [6.07, 6.45) is 0. The highest BCUT2D eigenvalue weighted by molar-refractivity contribution is 5.93. The molecule has 164 valence electrons. The molecule has 0 aliphatic carbocycles. The molecule has 0 aliphatic heterocycles. The number of nitrogens with one attached hydrogen (secondary N) is 1. The van der Waals surface area contributed by atoms with E-state index in [1.807, 2.05) is 31.2 Å². The van der Waals surface area contributed by atoms with Crippen molar-refractivity contribution < 1.29 is 19.4 Å². The van der Waals surface area contributed by atoms with Gasteiger partial charge < -0.3 is 15.5 Å². The molecule has 0 spiro atoms. The Bertz CT molecular complexity index is 1200. The van der Waals surface area contributed by atoms with Crippen LogP contribution in [0.3, 0.4) is 0 Å². The van der Waals surface area contributed by atoms with E-state index in [2.05, 4.69) is 22.1 Å². The lowest BCUT2D eigenvalue weighted by molar-refractivity contribution is 0.0937. The fourth-order valence-corrected chi connectivity index (χ4v) is 3.14. The van der Waals surface area contributed by atoms with Gasteiger partial charge in [-0.3, -0.25) is 4.79 Å². The number of hydrogen-bond donors (Lipinski definition) is 3. The maximum Gasteiger partial charge on any atom is 0.270 e. The molecule has 0 fully saturated rings. The zero-order chi connectivity index (χ0) is 23.5. The third kappa shape index (κ3) is 5.93. The number of phenols is 1. The number of carbonyl (C=O) groups is 1. The molecule has 0 radical (unpaired) electrons. The minimum absolute atomic E-state index is 0.123. The highest BCUT2D eigenvalue weighted by atomic mass is 19.1. The predicted octanol–water partition coefficient (Wildman–Crippen LogP) is 4.18. The standard InChI is InChI=1S/C26H25FN2O3/c1-16-5-7-19(8-6-16)24(21-15-20(27)9-10-23(21)30)29-25(31)22-14-18(13-17(2)28-22)11-12-26(3,4)32/h5-10,13-15,24,30,32H,1-4H3,(H,29,31)/t24-/m0/s1. The average Bonchev–Trinajstić information content (AvgIpc) is 2.72. The molecule has 0 unspecified atom stereocenters. The van der Waals surface area contributed by atoms with Crippen LogP contribution in [0.4, 0.5) is 4.39 Å². The zero-order valence-corrected chi connectivity index (χ0v) is 18.4. The molecule has 0 saturated carbocycles. The number of aryl methyl sites for hydroxylation is 2. The summed E-state index contributed by atoms with van der Waals surface area (Å²) in [6.45, 7) is 6.81. The first-order chi connectivity index (χ1) is 15.0. The maximum absolute atomic E-state index is 14.0. The molecule has 1 amide bonds. The van der Waals surface area contributed by atoms with Gasteiger partial charge in [-0.05, 0) is 63.6 Å². The molecule has 3 aromatic rings. The molecule has 1 aromatic heterocycles. The van der Waals surface area contributed by atoms with Crippen molar-refractivity contribution in [3.8, 4) is 17.6 Å². The lowest BCUT2D eigenvalue weighted by atomic mass is 9.96. The number of rotatable bonds is 4. The van der Waals surface area contributed by atoms with Crippen molar-refractivity contribution in [3.05, 3.63) is 94.1 Å². The van der Waals surface area contributed by atoms with E-state index in [-0.39, 0.29) is 17.0 Å². The lowest BCUT2D eigenvalue weighted by Gasteiger charge is -2.21. The maximum atomic E-state index is 14.0. The third-order valence-electron chi connectivity index (χ3n) is 4.69. The predicted molar refractivity (Wildman–Crippen MR) is 121 cm³/mol. The fourth-order valence-electron chi connectivity index (χ4n) is 3.14. The van der Waals surface area contributed by atoms with Crippen molar-refractivity contribution in [2.24, 2.45) is 0 Å². The van der Waals surface area contributed by atoms with E-state index in [9.17, 15) is 19.4 Å². The van der Waals surface area contributed by atoms with E-state index in [4.69, 9.17) is 0 Å².